The zero-order chi connectivity index (χ0) is 33.3. The van der Waals surface area contributed by atoms with Gasteiger partial charge in [-0.25, -0.2) is 14.4 Å². The molecule has 0 spiro atoms. The monoisotopic (exact) mass is 623 g/mol. The molecular formula is C38H41NO7. The molecule has 3 aromatic rings. The molecule has 0 heterocycles. The fourth-order valence-electron chi connectivity index (χ4n) is 5.56. The van der Waals surface area contributed by atoms with Gasteiger partial charge < -0.3 is 19.9 Å². The van der Waals surface area contributed by atoms with Crippen molar-refractivity contribution in [3.63, 3.8) is 0 Å². The molecule has 46 heavy (non-hydrogen) atoms. The summed E-state index contributed by atoms with van der Waals surface area (Å²) in [6.07, 6.45) is 5.95. The highest BCUT2D eigenvalue weighted by atomic mass is 16.6. The quantitative estimate of drug-likeness (QED) is 0.115. The lowest BCUT2D eigenvalue weighted by Crippen LogP contribution is -2.46. The summed E-state index contributed by atoms with van der Waals surface area (Å²) in [4.78, 5) is 48.8. The van der Waals surface area contributed by atoms with Gasteiger partial charge in [0.15, 0.2) is 0 Å². The molecule has 0 radical (unpaired) electrons. The Balaban J connectivity index is 1.46. The molecule has 0 fully saturated rings. The van der Waals surface area contributed by atoms with Crippen LogP contribution in [0.5, 0.6) is 0 Å². The van der Waals surface area contributed by atoms with Gasteiger partial charge >= 0.3 is 18.0 Å². The van der Waals surface area contributed by atoms with Gasteiger partial charge in [-0.2, -0.15) is 0 Å². The van der Waals surface area contributed by atoms with Gasteiger partial charge in [-0.3, -0.25) is 4.79 Å². The molecule has 3 atom stereocenters. The first-order valence-electron chi connectivity index (χ1n) is 15.4. The number of alkyl carbamates (subject to hydrolysis) is 1. The van der Waals surface area contributed by atoms with E-state index in [1.54, 1.807) is 24.3 Å². The highest BCUT2D eigenvalue weighted by Crippen LogP contribution is 2.44. The molecule has 0 aromatic heterocycles. The van der Waals surface area contributed by atoms with Crippen LogP contribution in [-0.2, 0) is 19.1 Å². The van der Waals surface area contributed by atoms with Crippen molar-refractivity contribution in [3.8, 4) is 11.1 Å². The average Bonchev–Trinajstić information content (AvgIpc) is 3.34. The topological polar surface area (TPSA) is 119 Å². The fourth-order valence-corrected chi connectivity index (χ4v) is 5.56. The number of rotatable bonds is 13. The lowest BCUT2D eigenvalue weighted by molar-refractivity contribution is -0.153. The average molecular weight is 624 g/mol. The summed E-state index contributed by atoms with van der Waals surface area (Å²) in [6.45, 7) is 7.85. The number of hydrogen-bond donors (Lipinski definition) is 2. The molecule has 1 amide bonds. The number of ether oxygens (including phenoxy) is 2. The minimum Gasteiger partial charge on any atom is -0.478 e. The molecule has 3 unspecified atom stereocenters. The van der Waals surface area contributed by atoms with E-state index in [0.717, 1.165) is 40.2 Å². The second kappa shape index (κ2) is 15.3. The first-order chi connectivity index (χ1) is 21.9. The molecule has 1 aliphatic carbocycles. The number of nitrogens with one attached hydrogen (secondary N) is 1. The largest absolute Gasteiger partial charge is 0.478 e. The zero-order valence-electron chi connectivity index (χ0n) is 26.6. The van der Waals surface area contributed by atoms with Crippen LogP contribution in [0.15, 0.2) is 91.0 Å². The third-order valence-electron chi connectivity index (χ3n) is 7.88. The highest BCUT2D eigenvalue weighted by Gasteiger charge is 2.33. The normalized spacial score (nSPS) is 14.7. The number of amides is 1. The van der Waals surface area contributed by atoms with E-state index >= 15 is 0 Å². The molecule has 0 aliphatic heterocycles. The van der Waals surface area contributed by atoms with Gasteiger partial charge in [0.05, 0.1) is 0 Å². The SMILES string of the molecule is CC(C=Cc1ccc(C=O)cc1)C(CC=CC(=O)O)OC(=O)C(CC(C)(C)C)NC(=O)OCC1c2ccccc2-c2ccccc21. The number of carbonyl (C=O) groups excluding carboxylic acids is 3. The van der Waals surface area contributed by atoms with Crippen LogP contribution < -0.4 is 5.32 Å². The summed E-state index contributed by atoms with van der Waals surface area (Å²) in [5, 5.41) is 11.8. The number of fused-ring (bicyclic) bond motifs is 3. The van der Waals surface area contributed by atoms with Crippen molar-refractivity contribution in [2.24, 2.45) is 11.3 Å². The summed E-state index contributed by atoms with van der Waals surface area (Å²) in [5.41, 5.74) is 5.48. The Morgan fingerprint density at radius 3 is 2.07 bits per heavy atom. The fraction of sp³-hybridized carbons (Fsp3) is 0.316. The van der Waals surface area contributed by atoms with E-state index in [9.17, 15) is 19.2 Å². The molecule has 4 rings (SSSR count). The molecule has 2 N–H and O–H groups in total. The minimum atomic E-state index is -1.11. The summed E-state index contributed by atoms with van der Waals surface area (Å²) in [6, 6.07) is 22.1. The molecule has 8 nitrogen and oxygen atoms in total. The van der Waals surface area contributed by atoms with Crippen LogP contribution in [0.1, 0.15) is 73.5 Å². The second-order valence-corrected chi connectivity index (χ2v) is 12.7. The number of carbonyl (C=O) groups is 4. The standard InChI is InChI=1S/C38H41NO7/c1-25(16-17-26-18-20-27(23-40)21-19-26)34(14-9-15-35(41)42)46-36(43)33(22-38(2,3)4)39-37(44)45-24-32-30-12-7-5-10-28(30)29-11-6-8-13-31(29)32/h5-13,15-21,23,25,32-34H,14,22,24H2,1-4H3,(H,39,44)(H,41,42). The first kappa shape index (κ1) is 33.9. The molecule has 0 saturated carbocycles. The number of carboxylic acid groups (broad SMARTS) is 1. The van der Waals surface area contributed by atoms with Gasteiger partial charge in [0.1, 0.15) is 25.0 Å². The van der Waals surface area contributed by atoms with E-state index in [2.05, 4.69) is 17.4 Å². The number of aliphatic carboxylic acids is 1. The van der Waals surface area contributed by atoms with Crippen LogP contribution >= 0.6 is 0 Å². The second-order valence-electron chi connectivity index (χ2n) is 12.7. The van der Waals surface area contributed by atoms with Crippen molar-refractivity contribution in [2.45, 2.75) is 58.6 Å². The van der Waals surface area contributed by atoms with Crippen molar-refractivity contribution < 1.29 is 33.8 Å². The molecule has 8 heteroatoms. The van der Waals surface area contributed by atoms with Gasteiger partial charge in [0, 0.05) is 29.9 Å². The Morgan fingerprint density at radius 2 is 1.50 bits per heavy atom. The molecular weight excluding hydrogens is 582 g/mol. The Hall–Kier alpha value is -4.98. The molecule has 240 valence electrons. The van der Waals surface area contributed by atoms with Crippen LogP contribution in [0.2, 0.25) is 0 Å². The van der Waals surface area contributed by atoms with Gasteiger partial charge in [0.2, 0.25) is 0 Å². The van der Waals surface area contributed by atoms with Gasteiger partial charge in [0.25, 0.3) is 0 Å². The Kier molecular flexibility index (Phi) is 11.3. The summed E-state index contributed by atoms with van der Waals surface area (Å²) in [7, 11) is 0. The van der Waals surface area contributed by atoms with E-state index in [0.29, 0.717) is 12.0 Å². The third-order valence-corrected chi connectivity index (χ3v) is 7.88. The van der Waals surface area contributed by atoms with Crippen LogP contribution in [0.3, 0.4) is 0 Å². The number of benzene rings is 3. The van der Waals surface area contributed by atoms with Crippen molar-refractivity contribution >= 4 is 30.4 Å². The van der Waals surface area contributed by atoms with Crippen LogP contribution in [0.25, 0.3) is 17.2 Å². The van der Waals surface area contributed by atoms with Crippen LogP contribution in [-0.4, -0.2) is 48.2 Å². The summed E-state index contributed by atoms with van der Waals surface area (Å²) >= 11 is 0. The van der Waals surface area contributed by atoms with E-state index < -0.39 is 30.2 Å². The van der Waals surface area contributed by atoms with Gasteiger partial charge in [-0.05, 0) is 39.7 Å². The highest BCUT2D eigenvalue weighted by molar-refractivity contribution is 5.82. The lowest BCUT2D eigenvalue weighted by atomic mass is 9.88. The lowest BCUT2D eigenvalue weighted by Gasteiger charge is -2.28. The van der Waals surface area contributed by atoms with Crippen molar-refractivity contribution in [1.29, 1.82) is 0 Å². The number of esters is 1. The maximum Gasteiger partial charge on any atom is 0.407 e. The van der Waals surface area contributed by atoms with Gasteiger partial charge in [-0.1, -0.05) is 119 Å². The number of aldehydes is 1. The molecule has 3 aromatic carbocycles. The molecule has 0 bridgehead atoms. The Bertz CT molecular complexity index is 1550. The third kappa shape index (κ3) is 9.27. The smallest absolute Gasteiger partial charge is 0.407 e. The van der Waals surface area contributed by atoms with Crippen LogP contribution in [0.4, 0.5) is 4.79 Å². The van der Waals surface area contributed by atoms with Crippen LogP contribution in [0, 0.1) is 11.3 Å². The van der Waals surface area contributed by atoms with Crippen molar-refractivity contribution in [2.75, 3.05) is 6.61 Å². The molecule has 1 aliphatic rings. The zero-order valence-corrected chi connectivity index (χ0v) is 26.6. The van der Waals surface area contributed by atoms with Gasteiger partial charge in [-0.15, -0.1) is 0 Å². The van der Waals surface area contributed by atoms with Crippen molar-refractivity contribution in [1.82, 2.24) is 5.32 Å². The predicted octanol–water partition coefficient (Wildman–Crippen LogP) is 7.43. The van der Waals surface area contributed by atoms with E-state index in [4.69, 9.17) is 14.6 Å². The van der Waals surface area contributed by atoms with Crippen molar-refractivity contribution in [3.05, 3.63) is 113 Å². The van der Waals surface area contributed by atoms with E-state index in [-0.39, 0.29) is 30.3 Å². The number of hydrogen-bond acceptors (Lipinski definition) is 6. The minimum absolute atomic E-state index is 0.107. The summed E-state index contributed by atoms with van der Waals surface area (Å²) < 4.78 is 11.7. The Morgan fingerprint density at radius 1 is 0.913 bits per heavy atom. The molecule has 0 saturated heterocycles. The van der Waals surface area contributed by atoms with E-state index in [1.165, 1.54) is 6.08 Å². The Labute approximate surface area is 270 Å². The first-order valence-corrected chi connectivity index (χ1v) is 15.4. The summed E-state index contributed by atoms with van der Waals surface area (Å²) in [5.74, 6) is -2.17. The predicted molar refractivity (Wildman–Crippen MR) is 177 cm³/mol. The maximum absolute atomic E-state index is 13.6. The maximum atomic E-state index is 13.6. The number of carboxylic acids is 1. The van der Waals surface area contributed by atoms with E-state index in [1.807, 2.05) is 76.2 Å².